The van der Waals surface area contributed by atoms with Crippen molar-refractivity contribution in [2.24, 2.45) is 0 Å². The molecule has 0 unspecified atom stereocenters. The SMILES string of the molecule is COC(=O)c1ccc(NCc2c[nH]c3ccc(F)cc23)nn1. The van der Waals surface area contributed by atoms with Gasteiger partial charge in [-0.15, -0.1) is 10.2 Å². The summed E-state index contributed by atoms with van der Waals surface area (Å²) in [5.74, 6) is -0.305. The Labute approximate surface area is 125 Å². The molecule has 22 heavy (non-hydrogen) atoms. The molecule has 0 amide bonds. The Balaban J connectivity index is 1.74. The average molecular weight is 300 g/mol. The molecule has 6 nitrogen and oxygen atoms in total. The molecule has 2 N–H and O–H groups in total. The second-order valence-electron chi connectivity index (χ2n) is 4.65. The van der Waals surface area contributed by atoms with Gasteiger partial charge in [0.05, 0.1) is 7.11 Å². The molecule has 7 heteroatoms. The fraction of sp³-hybridized carbons (Fsp3) is 0.133. The van der Waals surface area contributed by atoms with Crippen molar-refractivity contribution in [1.82, 2.24) is 15.2 Å². The van der Waals surface area contributed by atoms with Gasteiger partial charge in [-0.05, 0) is 35.9 Å². The summed E-state index contributed by atoms with van der Waals surface area (Å²) in [5, 5.41) is 11.6. The van der Waals surface area contributed by atoms with Crippen LogP contribution in [0.5, 0.6) is 0 Å². The summed E-state index contributed by atoms with van der Waals surface area (Å²) in [7, 11) is 1.28. The Hall–Kier alpha value is -2.96. The third kappa shape index (κ3) is 2.73. The van der Waals surface area contributed by atoms with E-state index in [2.05, 4.69) is 25.2 Å². The Kier molecular flexibility index (Phi) is 3.69. The zero-order chi connectivity index (χ0) is 15.5. The zero-order valence-electron chi connectivity index (χ0n) is 11.8. The van der Waals surface area contributed by atoms with Crippen LogP contribution in [0.25, 0.3) is 10.9 Å². The van der Waals surface area contributed by atoms with E-state index in [-0.39, 0.29) is 11.5 Å². The number of aromatic nitrogens is 3. The lowest BCUT2D eigenvalue weighted by molar-refractivity contribution is 0.0593. The van der Waals surface area contributed by atoms with Gasteiger partial charge in [0.25, 0.3) is 0 Å². The maximum atomic E-state index is 13.3. The number of nitrogens with zero attached hydrogens (tertiary/aromatic N) is 2. The first kappa shape index (κ1) is 14.0. The molecule has 2 aromatic heterocycles. The van der Waals surface area contributed by atoms with Crippen LogP contribution in [0.2, 0.25) is 0 Å². The van der Waals surface area contributed by atoms with Crippen molar-refractivity contribution in [2.75, 3.05) is 12.4 Å². The lowest BCUT2D eigenvalue weighted by Gasteiger charge is -2.04. The number of ether oxygens (including phenoxy) is 1. The predicted molar refractivity (Wildman–Crippen MR) is 79.0 cm³/mol. The number of carbonyl (C=O) groups excluding carboxylic acids is 1. The molecule has 0 aliphatic heterocycles. The number of hydrogen-bond donors (Lipinski definition) is 2. The number of anilines is 1. The third-order valence-corrected chi connectivity index (χ3v) is 3.25. The number of carbonyl (C=O) groups is 1. The monoisotopic (exact) mass is 300 g/mol. The summed E-state index contributed by atoms with van der Waals surface area (Å²) < 4.78 is 17.9. The second-order valence-corrected chi connectivity index (χ2v) is 4.65. The van der Waals surface area contributed by atoms with E-state index in [1.165, 1.54) is 25.3 Å². The van der Waals surface area contributed by atoms with E-state index in [0.717, 1.165) is 16.5 Å². The van der Waals surface area contributed by atoms with E-state index in [9.17, 15) is 9.18 Å². The van der Waals surface area contributed by atoms with Gasteiger partial charge in [0, 0.05) is 23.6 Å². The number of rotatable bonds is 4. The molecule has 0 saturated carbocycles. The first-order valence-corrected chi connectivity index (χ1v) is 6.59. The zero-order valence-corrected chi connectivity index (χ0v) is 11.8. The summed E-state index contributed by atoms with van der Waals surface area (Å²) in [6, 6.07) is 7.74. The number of nitrogens with one attached hydrogen (secondary N) is 2. The maximum Gasteiger partial charge on any atom is 0.358 e. The van der Waals surface area contributed by atoms with Crippen LogP contribution >= 0.6 is 0 Å². The standard InChI is InChI=1S/C15H13FN4O2/c1-22-15(21)13-4-5-14(20-19-13)18-8-9-7-17-12-3-2-10(16)6-11(9)12/h2-7,17H,8H2,1H3,(H,18,20). The van der Waals surface area contributed by atoms with Gasteiger partial charge in [-0.2, -0.15) is 0 Å². The normalized spacial score (nSPS) is 10.6. The first-order valence-electron chi connectivity index (χ1n) is 6.59. The minimum Gasteiger partial charge on any atom is -0.464 e. The van der Waals surface area contributed by atoms with Crippen LogP contribution in [0.3, 0.4) is 0 Å². The van der Waals surface area contributed by atoms with Crippen molar-refractivity contribution < 1.29 is 13.9 Å². The number of H-pyrrole nitrogens is 1. The number of hydrogen-bond acceptors (Lipinski definition) is 5. The molecule has 0 fully saturated rings. The lowest BCUT2D eigenvalue weighted by atomic mass is 10.1. The highest BCUT2D eigenvalue weighted by Crippen LogP contribution is 2.20. The summed E-state index contributed by atoms with van der Waals surface area (Å²) >= 11 is 0. The van der Waals surface area contributed by atoms with E-state index in [1.54, 1.807) is 12.1 Å². The molecule has 0 spiro atoms. The van der Waals surface area contributed by atoms with Gasteiger partial charge in [0.15, 0.2) is 5.69 Å². The fourth-order valence-electron chi connectivity index (χ4n) is 2.12. The van der Waals surface area contributed by atoms with Crippen LogP contribution in [-0.4, -0.2) is 28.3 Å². The quantitative estimate of drug-likeness (QED) is 0.724. The molecule has 0 atom stereocenters. The number of esters is 1. The Morgan fingerprint density at radius 3 is 2.91 bits per heavy atom. The summed E-state index contributed by atoms with van der Waals surface area (Å²) in [6.45, 7) is 0.454. The number of benzene rings is 1. The molecule has 1 aromatic carbocycles. The predicted octanol–water partition coefficient (Wildman–Crippen LogP) is 2.50. The minimum absolute atomic E-state index is 0.141. The molecular formula is C15H13FN4O2. The van der Waals surface area contributed by atoms with Crippen molar-refractivity contribution in [3.63, 3.8) is 0 Å². The fourth-order valence-corrected chi connectivity index (χ4v) is 2.12. The lowest BCUT2D eigenvalue weighted by Crippen LogP contribution is -2.07. The molecule has 112 valence electrons. The van der Waals surface area contributed by atoms with Crippen LogP contribution in [0, 0.1) is 5.82 Å². The highest BCUT2D eigenvalue weighted by molar-refractivity contribution is 5.87. The second kappa shape index (κ2) is 5.80. The number of fused-ring (bicyclic) bond motifs is 1. The van der Waals surface area contributed by atoms with Gasteiger partial charge < -0.3 is 15.0 Å². The van der Waals surface area contributed by atoms with Crippen LogP contribution < -0.4 is 5.32 Å². The average Bonchev–Trinajstić information content (AvgIpc) is 2.95. The molecule has 0 radical (unpaired) electrons. The highest BCUT2D eigenvalue weighted by atomic mass is 19.1. The summed E-state index contributed by atoms with van der Waals surface area (Å²) in [5.41, 5.74) is 1.92. The Morgan fingerprint density at radius 2 is 2.18 bits per heavy atom. The number of aromatic amines is 1. The van der Waals surface area contributed by atoms with E-state index < -0.39 is 5.97 Å². The van der Waals surface area contributed by atoms with Gasteiger partial charge >= 0.3 is 5.97 Å². The summed E-state index contributed by atoms with van der Waals surface area (Å²) in [6.07, 6.45) is 1.81. The molecule has 0 bridgehead atoms. The Bertz CT molecular complexity index is 814. The van der Waals surface area contributed by atoms with Crippen LogP contribution in [-0.2, 0) is 11.3 Å². The van der Waals surface area contributed by atoms with Crippen molar-refractivity contribution >= 4 is 22.7 Å². The molecule has 2 heterocycles. The molecule has 3 aromatic rings. The molecule has 3 rings (SSSR count). The van der Waals surface area contributed by atoms with Crippen molar-refractivity contribution in [3.8, 4) is 0 Å². The summed E-state index contributed by atoms with van der Waals surface area (Å²) in [4.78, 5) is 14.3. The van der Waals surface area contributed by atoms with Gasteiger partial charge in [-0.3, -0.25) is 0 Å². The van der Waals surface area contributed by atoms with Crippen molar-refractivity contribution in [3.05, 3.63) is 53.6 Å². The van der Waals surface area contributed by atoms with Gasteiger partial charge in [-0.25, -0.2) is 9.18 Å². The molecular weight excluding hydrogens is 287 g/mol. The largest absolute Gasteiger partial charge is 0.464 e. The topological polar surface area (TPSA) is 79.9 Å². The van der Waals surface area contributed by atoms with Crippen molar-refractivity contribution in [1.29, 1.82) is 0 Å². The van der Waals surface area contributed by atoms with Crippen LogP contribution in [0.4, 0.5) is 10.2 Å². The smallest absolute Gasteiger partial charge is 0.358 e. The van der Waals surface area contributed by atoms with Gasteiger partial charge in [-0.1, -0.05) is 0 Å². The maximum absolute atomic E-state index is 13.3. The Morgan fingerprint density at radius 1 is 1.32 bits per heavy atom. The molecule has 0 aliphatic rings. The number of methoxy groups -OCH3 is 1. The van der Waals surface area contributed by atoms with Gasteiger partial charge in [0.2, 0.25) is 0 Å². The molecule has 0 saturated heterocycles. The van der Waals surface area contributed by atoms with E-state index in [4.69, 9.17) is 0 Å². The van der Waals surface area contributed by atoms with Crippen LogP contribution in [0.1, 0.15) is 16.1 Å². The molecule has 0 aliphatic carbocycles. The van der Waals surface area contributed by atoms with Crippen LogP contribution in [0.15, 0.2) is 36.5 Å². The highest BCUT2D eigenvalue weighted by Gasteiger charge is 2.08. The van der Waals surface area contributed by atoms with E-state index in [0.29, 0.717) is 12.4 Å². The first-order chi connectivity index (χ1) is 10.7. The van der Waals surface area contributed by atoms with E-state index in [1.807, 2.05) is 6.20 Å². The van der Waals surface area contributed by atoms with Gasteiger partial charge in [0.1, 0.15) is 11.6 Å². The minimum atomic E-state index is -0.536. The van der Waals surface area contributed by atoms with Crippen molar-refractivity contribution in [2.45, 2.75) is 6.54 Å². The third-order valence-electron chi connectivity index (χ3n) is 3.25. The van der Waals surface area contributed by atoms with E-state index >= 15 is 0 Å². The number of halogens is 1.